The van der Waals surface area contributed by atoms with E-state index in [1.165, 1.54) is 0 Å². The van der Waals surface area contributed by atoms with Crippen LogP contribution in [-0.2, 0) is 16.1 Å². The molecule has 1 aromatic rings. The lowest BCUT2D eigenvalue weighted by Gasteiger charge is -2.28. The molecule has 1 heterocycles. The van der Waals surface area contributed by atoms with Crippen LogP contribution >= 0.6 is 0 Å². The van der Waals surface area contributed by atoms with Crippen LogP contribution < -0.4 is 5.43 Å². The molecule has 0 saturated heterocycles. The fourth-order valence-corrected chi connectivity index (χ4v) is 2.06. The van der Waals surface area contributed by atoms with Crippen LogP contribution in [0.1, 0.15) is 32.3 Å². The molecule has 0 aliphatic carbocycles. The van der Waals surface area contributed by atoms with Crippen molar-refractivity contribution in [2.75, 3.05) is 0 Å². The van der Waals surface area contributed by atoms with Gasteiger partial charge in [-0.15, -0.1) is 0 Å². The Balaban J connectivity index is 2.12. The average Bonchev–Trinajstić information content (AvgIpc) is 2.45. The summed E-state index contributed by atoms with van der Waals surface area (Å²) in [5.74, 6) is -0.246. The summed E-state index contributed by atoms with van der Waals surface area (Å²) in [5.41, 5.74) is 3.88. The molecule has 0 spiro atoms. The highest BCUT2D eigenvalue weighted by molar-refractivity contribution is 6.39. The first-order chi connectivity index (χ1) is 9.58. The SMILES string of the molecule is CC(C)N(Cc1ccccc1)C(=O)C1=NNC(=O)CC1. The third-order valence-corrected chi connectivity index (χ3v) is 3.23. The number of benzene rings is 1. The molecular weight excluding hydrogens is 254 g/mol. The van der Waals surface area contributed by atoms with Crippen LogP contribution in [-0.4, -0.2) is 28.5 Å². The van der Waals surface area contributed by atoms with Gasteiger partial charge in [0.05, 0.1) is 0 Å². The average molecular weight is 273 g/mol. The molecule has 0 aromatic heterocycles. The van der Waals surface area contributed by atoms with Gasteiger partial charge in [-0.2, -0.15) is 5.10 Å². The highest BCUT2D eigenvalue weighted by atomic mass is 16.2. The van der Waals surface area contributed by atoms with E-state index in [0.29, 0.717) is 25.1 Å². The number of hydrogen-bond acceptors (Lipinski definition) is 3. The summed E-state index contributed by atoms with van der Waals surface area (Å²) in [7, 11) is 0. The second-order valence-corrected chi connectivity index (χ2v) is 5.11. The van der Waals surface area contributed by atoms with Gasteiger partial charge in [0.15, 0.2) is 0 Å². The number of hydrogen-bond donors (Lipinski definition) is 1. The zero-order valence-corrected chi connectivity index (χ0v) is 11.8. The highest BCUT2D eigenvalue weighted by Crippen LogP contribution is 2.12. The topological polar surface area (TPSA) is 61.8 Å². The molecule has 2 rings (SSSR count). The first-order valence-corrected chi connectivity index (χ1v) is 6.78. The van der Waals surface area contributed by atoms with Crippen LogP contribution in [0.3, 0.4) is 0 Å². The number of rotatable bonds is 4. The number of amides is 2. The summed E-state index contributed by atoms with van der Waals surface area (Å²) in [6, 6.07) is 9.92. The van der Waals surface area contributed by atoms with E-state index in [2.05, 4.69) is 10.5 Å². The molecule has 1 N–H and O–H groups in total. The summed E-state index contributed by atoms with van der Waals surface area (Å²) >= 11 is 0. The fourth-order valence-electron chi connectivity index (χ4n) is 2.06. The predicted molar refractivity (Wildman–Crippen MR) is 76.9 cm³/mol. The minimum Gasteiger partial charge on any atom is -0.331 e. The van der Waals surface area contributed by atoms with Crippen molar-refractivity contribution in [1.29, 1.82) is 0 Å². The molecule has 1 aromatic carbocycles. The number of nitrogens with one attached hydrogen (secondary N) is 1. The van der Waals surface area contributed by atoms with Gasteiger partial charge in [0.2, 0.25) is 5.91 Å². The Kier molecular flexibility index (Phi) is 4.50. The van der Waals surface area contributed by atoms with Crippen molar-refractivity contribution in [1.82, 2.24) is 10.3 Å². The molecule has 1 aliphatic rings. The van der Waals surface area contributed by atoms with Crippen LogP contribution in [0.2, 0.25) is 0 Å². The first kappa shape index (κ1) is 14.2. The van der Waals surface area contributed by atoms with Crippen LogP contribution in [0.5, 0.6) is 0 Å². The molecule has 0 saturated carbocycles. The van der Waals surface area contributed by atoms with Gasteiger partial charge in [-0.3, -0.25) is 9.59 Å². The van der Waals surface area contributed by atoms with Crippen molar-refractivity contribution in [3.05, 3.63) is 35.9 Å². The van der Waals surface area contributed by atoms with Crippen LogP contribution in [0.15, 0.2) is 35.4 Å². The number of carbonyl (C=O) groups excluding carboxylic acids is 2. The van der Waals surface area contributed by atoms with Gasteiger partial charge in [-0.25, -0.2) is 5.43 Å². The Bertz CT molecular complexity index is 523. The van der Waals surface area contributed by atoms with E-state index in [1.54, 1.807) is 4.90 Å². The van der Waals surface area contributed by atoms with E-state index in [4.69, 9.17) is 0 Å². The Morgan fingerprint density at radius 2 is 2.00 bits per heavy atom. The maximum Gasteiger partial charge on any atom is 0.270 e. The van der Waals surface area contributed by atoms with Crippen molar-refractivity contribution >= 4 is 17.5 Å². The molecule has 0 fully saturated rings. The van der Waals surface area contributed by atoms with Gasteiger partial charge >= 0.3 is 0 Å². The maximum absolute atomic E-state index is 12.5. The largest absolute Gasteiger partial charge is 0.331 e. The van der Waals surface area contributed by atoms with Gasteiger partial charge in [-0.1, -0.05) is 30.3 Å². The van der Waals surface area contributed by atoms with E-state index in [0.717, 1.165) is 5.56 Å². The molecule has 5 heteroatoms. The molecule has 0 atom stereocenters. The van der Waals surface area contributed by atoms with E-state index in [-0.39, 0.29) is 17.9 Å². The monoisotopic (exact) mass is 273 g/mol. The van der Waals surface area contributed by atoms with Crippen molar-refractivity contribution in [2.24, 2.45) is 5.10 Å². The van der Waals surface area contributed by atoms with Crippen LogP contribution in [0.25, 0.3) is 0 Å². The summed E-state index contributed by atoms with van der Waals surface area (Å²) in [4.78, 5) is 25.3. The third kappa shape index (κ3) is 3.44. The molecule has 2 amide bonds. The van der Waals surface area contributed by atoms with E-state index in [9.17, 15) is 9.59 Å². The molecule has 0 radical (unpaired) electrons. The van der Waals surface area contributed by atoms with Gasteiger partial charge in [0.25, 0.3) is 5.91 Å². The summed E-state index contributed by atoms with van der Waals surface area (Å²) in [6.07, 6.45) is 0.727. The van der Waals surface area contributed by atoms with E-state index >= 15 is 0 Å². The highest BCUT2D eigenvalue weighted by Gasteiger charge is 2.25. The van der Waals surface area contributed by atoms with E-state index < -0.39 is 0 Å². The number of nitrogens with zero attached hydrogens (tertiary/aromatic N) is 2. The Morgan fingerprint density at radius 1 is 1.30 bits per heavy atom. The maximum atomic E-state index is 12.5. The lowest BCUT2D eigenvalue weighted by atomic mass is 10.1. The minimum atomic E-state index is -0.138. The fraction of sp³-hybridized carbons (Fsp3) is 0.400. The predicted octanol–water partition coefficient (Wildman–Crippen LogP) is 1.69. The van der Waals surface area contributed by atoms with Crippen molar-refractivity contribution in [3.63, 3.8) is 0 Å². The van der Waals surface area contributed by atoms with Crippen molar-refractivity contribution in [3.8, 4) is 0 Å². The van der Waals surface area contributed by atoms with E-state index in [1.807, 2.05) is 44.2 Å². The van der Waals surface area contributed by atoms with Gasteiger partial charge in [0.1, 0.15) is 5.71 Å². The smallest absolute Gasteiger partial charge is 0.270 e. The Labute approximate surface area is 118 Å². The summed E-state index contributed by atoms with van der Waals surface area (Å²) in [6.45, 7) is 4.50. The lowest BCUT2D eigenvalue weighted by molar-refractivity contribution is -0.126. The number of carbonyl (C=O) groups is 2. The second kappa shape index (κ2) is 6.32. The van der Waals surface area contributed by atoms with Gasteiger partial charge < -0.3 is 4.90 Å². The second-order valence-electron chi connectivity index (χ2n) is 5.11. The zero-order chi connectivity index (χ0) is 14.5. The first-order valence-electron chi connectivity index (χ1n) is 6.78. The Morgan fingerprint density at radius 3 is 2.55 bits per heavy atom. The summed E-state index contributed by atoms with van der Waals surface area (Å²) < 4.78 is 0. The van der Waals surface area contributed by atoms with Crippen LogP contribution in [0, 0.1) is 0 Å². The van der Waals surface area contributed by atoms with Gasteiger partial charge in [-0.05, 0) is 19.4 Å². The lowest BCUT2D eigenvalue weighted by Crippen LogP contribution is -2.43. The molecule has 106 valence electrons. The molecule has 1 aliphatic heterocycles. The third-order valence-electron chi connectivity index (χ3n) is 3.23. The van der Waals surface area contributed by atoms with Gasteiger partial charge in [0, 0.05) is 25.4 Å². The molecule has 20 heavy (non-hydrogen) atoms. The van der Waals surface area contributed by atoms with Crippen LogP contribution in [0.4, 0.5) is 0 Å². The normalized spacial score (nSPS) is 14.8. The molecule has 0 bridgehead atoms. The molecular formula is C15H19N3O2. The molecule has 5 nitrogen and oxygen atoms in total. The zero-order valence-electron chi connectivity index (χ0n) is 11.8. The molecule has 0 unspecified atom stereocenters. The summed E-state index contributed by atoms with van der Waals surface area (Å²) in [5, 5.41) is 3.88. The number of hydrazone groups is 1. The van der Waals surface area contributed by atoms with Crippen molar-refractivity contribution in [2.45, 2.75) is 39.3 Å². The standard InChI is InChI=1S/C15H19N3O2/c1-11(2)18(10-12-6-4-3-5-7-12)15(20)13-8-9-14(19)17-16-13/h3-7,11H,8-10H2,1-2H3,(H,17,19). The van der Waals surface area contributed by atoms with Crippen molar-refractivity contribution < 1.29 is 9.59 Å². The quantitative estimate of drug-likeness (QED) is 0.907. The minimum absolute atomic E-state index is 0.0723. The Hall–Kier alpha value is -2.17.